The van der Waals surface area contributed by atoms with Crippen molar-refractivity contribution in [3.8, 4) is 0 Å². The summed E-state index contributed by atoms with van der Waals surface area (Å²) in [5.41, 5.74) is 0.622. The summed E-state index contributed by atoms with van der Waals surface area (Å²) < 4.78 is 0.494. The number of hydrogen-bond donors (Lipinski definition) is 2. The molecule has 1 aromatic heterocycles. The van der Waals surface area contributed by atoms with Gasteiger partial charge >= 0.3 is 0 Å². The number of anilines is 1. The van der Waals surface area contributed by atoms with Gasteiger partial charge < -0.3 is 20.4 Å². The van der Waals surface area contributed by atoms with Crippen LogP contribution in [0.25, 0.3) is 0 Å². The Balaban J connectivity index is 1.63. The predicted molar refractivity (Wildman–Crippen MR) is 129 cm³/mol. The number of aryl methyl sites for hydroxylation is 1. The molecule has 2 aromatic rings. The van der Waals surface area contributed by atoms with E-state index in [1.54, 1.807) is 54.0 Å². The fourth-order valence-electron chi connectivity index (χ4n) is 3.50. The SMILES string of the molecule is CC(=O)N1CCN(C(=O)c2ccc(NC(=O)C(C)(C)NC(=O)c3ccc(Cl)s3)cc2C)CC1. The van der Waals surface area contributed by atoms with E-state index in [4.69, 9.17) is 11.6 Å². The summed E-state index contributed by atoms with van der Waals surface area (Å²) in [6.45, 7) is 8.57. The van der Waals surface area contributed by atoms with E-state index in [2.05, 4.69) is 10.6 Å². The topological polar surface area (TPSA) is 98.8 Å². The van der Waals surface area contributed by atoms with Crippen molar-refractivity contribution in [3.05, 3.63) is 50.7 Å². The summed E-state index contributed by atoms with van der Waals surface area (Å²) in [6, 6.07) is 8.32. The molecular weight excluding hydrogens is 464 g/mol. The van der Waals surface area contributed by atoms with Gasteiger partial charge in [-0.1, -0.05) is 11.6 Å². The molecule has 2 N–H and O–H groups in total. The number of carbonyl (C=O) groups excluding carboxylic acids is 4. The normalized spacial score (nSPS) is 14.1. The van der Waals surface area contributed by atoms with Crippen LogP contribution in [-0.4, -0.2) is 65.1 Å². The molecule has 1 fully saturated rings. The van der Waals surface area contributed by atoms with Gasteiger partial charge in [0.25, 0.3) is 11.8 Å². The Morgan fingerprint density at radius 3 is 2.18 bits per heavy atom. The van der Waals surface area contributed by atoms with Crippen LogP contribution in [0.2, 0.25) is 4.34 Å². The van der Waals surface area contributed by atoms with Gasteiger partial charge in [0.2, 0.25) is 11.8 Å². The van der Waals surface area contributed by atoms with Gasteiger partial charge in [0, 0.05) is 44.4 Å². The smallest absolute Gasteiger partial charge is 0.262 e. The van der Waals surface area contributed by atoms with Crippen LogP contribution in [-0.2, 0) is 9.59 Å². The first-order valence-corrected chi connectivity index (χ1v) is 11.7. The molecule has 0 saturated carbocycles. The number of benzene rings is 1. The van der Waals surface area contributed by atoms with E-state index in [0.717, 1.165) is 16.9 Å². The molecule has 1 aliphatic rings. The first kappa shape index (κ1) is 24.7. The predicted octanol–water partition coefficient (Wildman–Crippen LogP) is 3.16. The number of piperazine rings is 1. The van der Waals surface area contributed by atoms with Gasteiger partial charge in [0.15, 0.2) is 0 Å². The zero-order chi connectivity index (χ0) is 24.3. The standard InChI is InChI=1S/C23H27ClN4O4S/c1-14-13-16(5-6-17(14)21(31)28-11-9-27(10-12-28)15(2)29)25-22(32)23(3,4)26-20(30)18-7-8-19(24)33-18/h5-8,13H,9-12H2,1-4H3,(H,25,32)(H,26,30). The molecule has 1 saturated heterocycles. The molecule has 176 valence electrons. The lowest BCUT2D eigenvalue weighted by atomic mass is 10.0. The molecule has 1 aliphatic heterocycles. The highest BCUT2D eigenvalue weighted by Crippen LogP contribution is 2.23. The van der Waals surface area contributed by atoms with E-state index in [-0.39, 0.29) is 17.7 Å². The summed E-state index contributed by atoms with van der Waals surface area (Å²) in [5.74, 6) is -0.862. The third-order valence-corrected chi connectivity index (χ3v) is 6.75. The highest BCUT2D eigenvalue weighted by atomic mass is 35.5. The summed E-state index contributed by atoms with van der Waals surface area (Å²) in [6.07, 6.45) is 0. The summed E-state index contributed by atoms with van der Waals surface area (Å²) in [5, 5.41) is 5.52. The molecule has 33 heavy (non-hydrogen) atoms. The minimum atomic E-state index is -1.17. The Bertz CT molecular complexity index is 1090. The van der Waals surface area contributed by atoms with Crippen LogP contribution in [0, 0.1) is 6.92 Å². The number of rotatable bonds is 5. The van der Waals surface area contributed by atoms with E-state index < -0.39 is 11.4 Å². The van der Waals surface area contributed by atoms with Crippen LogP contribution in [0.4, 0.5) is 5.69 Å². The maximum atomic E-state index is 12.9. The average Bonchev–Trinajstić information content (AvgIpc) is 3.19. The van der Waals surface area contributed by atoms with Gasteiger partial charge in [-0.3, -0.25) is 19.2 Å². The molecule has 3 rings (SSSR count). The van der Waals surface area contributed by atoms with E-state index in [1.807, 2.05) is 6.92 Å². The highest BCUT2D eigenvalue weighted by molar-refractivity contribution is 7.18. The van der Waals surface area contributed by atoms with Gasteiger partial charge in [0.1, 0.15) is 5.54 Å². The third kappa shape index (κ3) is 5.91. The third-order valence-electron chi connectivity index (χ3n) is 5.52. The quantitative estimate of drug-likeness (QED) is 0.672. The second kappa shape index (κ2) is 9.93. The number of thiophene rings is 1. The second-order valence-electron chi connectivity index (χ2n) is 8.46. The fourth-order valence-corrected chi connectivity index (χ4v) is 4.44. The first-order valence-electron chi connectivity index (χ1n) is 10.5. The van der Waals surface area contributed by atoms with Crippen molar-refractivity contribution in [2.75, 3.05) is 31.5 Å². The van der Waals surface area contributed by atoms with Crippen LogP contribution >= 0.6 is 22.9 Å². The molecule has 0 aliphatic carbocycles. The summed E-state index contributed by atoms with van der Waals surface area (Å²) in [4.78, 5) is 53.5. The van der Waals surface area contributed by atoms with Crippen LogP contribution in [0.1, 0.15) is 46.4 Å². The number of nitrogens with one attached hydrogen (secondary N) is 2. The molecule has 4 amide bonds. The van der Waals surface area contributed by atoms with Gasteiger partial charge in [-0.05, 0) is 56.7 Å². The maximum Gasteiger partial charge on any atom is 0.262 e. The van der Waals surface area contributed by atoms with Crippen molar-refractivity contribution in [2.45, 2.75) is 33.2 Å². The Labute approximate surface area is 201 Å². The average molecular weight is 491 g/mol. The molecule has 0 radical (unpaired) electrons. The molecule has 0 spiro atoms. The summed E-state index contributed by atoms with van der Waals surface area (Å²) >= 11 is 7.02. The van der Waals surface area contributed by atoms with Crippen molar-refractivity contribution < 1.29 is 19.2 Å². The Kier molecular flexibility index (Phi) is 7.44. The van der Waals surface area contributed by atoms with Crippen LogP contribution in [0.3, 0.4) is 0 Å². The molecule has 8 nitrogen and oxygen atoms in total. The number of carbonyl (C=O) groups is 4. The molecule has 0 unspecified atom stereocenters. The number of halogens is 1. The largest absolute Gasteiger partial charge is 0.339 e. The van der Waals surface area contributed by atoms with Crippen molar-refractivity contribution in [1.29, 1.82) is 0 Å². The maximum absolute atomic E-state index is 12.9. The van der Waals surface area contributed by atoms with Gasteiger partial charge in [-0.2, -0.15) is 0 Å². The Morgan fingerprint density at radius 1 is 1.00 bits per heavy atom. The monoisotopic (exact) mass is 490 g/mol. The molecule has 0 atom stereocenters. The van der Waals surface area contributed by atoms with Gasteiger partial charge in [-0.25, -0.2) is 0 Å². The van der Waals surface area contributed by atoms with Crippen molar-refractivity contribution in [3.63, 3.8) is 0 Å². The number of nitrogens with zero attached hydrogens (tertiary/aromatic N) is 2. The second-order valence-corrected chi connectivity index (χ2v) is 10.2. The number of amides is 4. The van der Waals surface area contributed by atoms with Gasteiger partial charge in [0.05, 0.1) is 9.21 Å². The Hall–Kier alpha value is -2.91. The molecule has 10 heteroatoms. The van der Waals surface area contributed by atoms with E-state index >= 15 is 0 Å². The molecule has 2 heterocycles. The minimum absolute atomic E-state index is 0.0108. The van der Waals surface area contributed by atoms with Crippen LogP contribution in [0.15, 0.2) is 30.3 Å². The molecule has 1 aromatic carbocycles. The minimum Gasteiger partial charge on any atom is -0.339 e. The van der Waals surface area contributed by atoms with Crippen molar-refractivity contribution in [2.24, 2.45) is 0 Å². The van der Waals surface area contributed by atoms with Crippen LogP contribution in [0.5, 0.6) is 0 Å². The zero-order valence-electron chi connectivity index (χ0n) is 19.0. The first-order chi connectivity index (χ1) is 15.5. The van der Waals surface area contributed by atoms with E-state index in [9.17, 15) is 19.2 Å². The van der Waals surface area contributed by atoms with E-state index in [0.29, 0.717) is 46.6 Å². The van der Waals surface area contributed by atoms with Crippen LogP contribution < -0.4 is 10.6 Å². The lowest BCUT2D eigenvalue weighted by molar-refractivity contribution is -0.130. The van der Waals surface area contributed by atoms with Crippen molar-refractivity contribution in [1.82, 2.24) is 15.1 Å². The molecule has 0 bridgehead atoms. The zero-order valence-corrected chi connectivity index (χ0v) is 20.6. The fraction of sp³-hybridized carbons (Fsp3) is 0.391. The lowest BCUT2D eigenvalue weighted by Gasteiger charge is -2.34. The van der Waals surface area contributed by atoms with E-state index in [1.165, 1.54) is 6.92 Å². The van der Waals surface area contributed by atoms with Crippen molar-refractivity contribution >= 4 is 52.3 Å². The summed E-state index contributed by atoms with van der Waals surface area (Å²) in [7, 11) is 0. The molecular formula is C23H27ClN4O4S. The highest BCUT2D eigenvalue weighted by Gasteiger charge is 2.31. The number of hydrogen-bond acceptors (Lipinski definition) is 5. The van der Waals surface area contributed by atoms with Gasteiger partial charge in [-0.15, -0.1) is 11.3 Å². The lowest BCUT2D eigenvalue weighted by Crippen LogP contribution is -2.52. The Morgan fingerprint density at radius 2 is 1.64 bits per heavy atom.